The second-order valence-corrected chi connectivity index (χ2v) is 4.24. The summed E-state index contributed by atoms with van der Waals surface area (Å²) in [6, 6.07) is 10.6. The zero-order valence-electron chi connectivity index (χ0n) is 10.9. The molecule has 2 rings (SSSR count). The summed E-state index contributed by atoms with van der Waals surface area (Å²) in [7, 11) is 0. The van der Waals surface area contributed by atoms with E-state index < -0.39 is 4.92 Å². The number of aromatic nitrogens is 1. The molecular formula is C14H11FN4O2. The van der Waals surface area contributed by atoms with Crippen LogP contribution < -0.4 is 5.32 Å². The fourth-order valence-corrected chi connectivity index (χ4v) is 1.81. The van der Waals surface area contributed by atoms with Gasteiger partial charge in [-0.15, -0.1) is 0 Å². The highest BCUT2D eigenvalue weighted by Gasteiger charge is 2.15. The zero-order chi connectivity index (χ0) is 15.2. The molecule has 0 fully saturated rings. The quantitative estimate of drug-likeness (QED) is 0.673. The fraction of sp³-hybridized carbons (Fsp3) is 0.143. The molecule has 0 atom stereocenters. The number of hydrogen-bond acceptors (Lipinski definition) is 5. The van der Waals surface area contributed by atoms with E-state index in [0.717, 1.165) is 5.56 Å². The van der Waals surface area contributed by atoms with Crippen LogP contribution in [-0.2, 0) is 6.42 Å². The van der Waals surface area contributed by atoms with Crippen molar-refractivity contribution in [1.82, 2.24) is 4.98 Å². The molecule has 0 saturated heterocycles. The minimum atomic E-state index is -0.651. The number of halogens is 1. The van der Waals surface area contributed by atoms with Gasteiger partial charge in [-0.1, -0.05) is 12.1 Å². The summed E-state index contributed by atoms with van der Waals surface area (Å²) in [5.41, 5.74) is 0.258. The van der Waals surface area contributed by atoms with Crippen LogP contribution in [0.3, 0.4) is 0 Å². The Morgan fingerprint density at radius 1 is 1.38 bits per heavy atom. The number of nitriles is 1. The first-order valence-electron chi connectivity index (χ1n) is 6.14. The predicted octanol–water partition coefficient (Wildman–Crippen LogP) is 2.66. The van der Waals surface area contributed by atoms with Gasteiger partial charge >= 0.3 is 5.69 Å². The van der Waals surface area contributed by atoms with Gasteiger partial charge in [-0.25, -0.2) is 9.37 Å². The third-order valence-electron chi connectivity index (χ3n) is 2.79. The van der Waals surface area contributed by atoms with Gasteiger partial charge in [-0.2, -0.15) is 5.26 Å². The lowest BCUT2D eigenvalue weighted by molar-refractivity contribution is -0.385. The SMILES string of the molecule is N#Cc1nc(NCCc2cccc(F)c2)ccc1[N+](=O)[O-]. The van der Waals surface area contributed by atoms with Gasteiger partial charge in [0.05, 0.1) is 4.92 Å². The maximum atomic E-state index is 13.0. The number of nitrogens with zero attached hydrogens (tertiary/aromatic N) is 3. The topological polar surface area (TPSA) is 91.8 Å². The van der Waals surface area contributed by atoms with E-state index in [2.05, 4.69) is 10.3 Å². The Morgan fingerprint density at radius 3 is 2.86 bits per heavy atom. The minimum absolute atomic E-state index is 0.240. The van der Waals surface area contributed by atoms with E-state index in [1.165, 1.54) is 24.3 Å². The van der Waals surface area contributed by atoms with Crippen molar-refractivity contribution in [3.8, 4) is 6.07 Å². The molecule has 7 heteroatoms. The van der Waals surface area contributed by atoms with Gasteiger partial charge in [-0.3, -0.25) is 10.1 Å². The number of pyridine rings is 1. The van der Waals surface area contributed by atoms with E-state index in [-0.39, 0.29) is 17.2 Å². The van der Waals surface area contributed by atoms with Crippen LogP contribution in [0.4, 0.5) is 15.9 Å². The number of nitrogens with one attached hydrogen (secondary N) is 1. The third kappa shape index (κ3) is 3.73. The highest BCUT2D eigenvalue weighted by Crippen LogP contribution is 2.18. The van der Waals surface area contributed by atoms with Crippen LogP contribution in [0.25, 0.3) is 0 Å². The first-order chi connectivity index (χ1) is 10.1. The number of anilines is 1. The molecule has 0 spiro atoms. The summed E-state index contributed by atoms with van der Waals surface area (Å²) in [5.74, 6) is 0.0706. The lowest BCUT2D eigenvalue weighted by atomic mass is 10.1. The largest absolute Gasteiger partial charge is 0.370 e. The summed E-state index contributed by atoms with van der Waals surface area (Å²) in [6.45, 7) is 0.471. The van der Waals surface area contributed by atoms with Gasteiger partial charge in [0.1, 0.15) is 17.7 Å². The molecule has 2 aromatic rings. The van der Waals surface area contributed by atoms with Crippen molar-refractivity contribution in [3.63, 3.8) is 0 Å². The van der Waals surface area contributed by atoms with Gasteiger partial charge in [0.2, 0.25) is 5.69 Å². The van der Waals surface area contributed by atoms with Gasteiger partial charge in [0.15, 0.2) is 0 Å². The summed E-state index contributed by atoms with van der Waals surface area (Å²) in [5, 5.41) is 22.5. The summed E-state index contributed by atoms with van der Waals surface area (Å²) in [6.07, 6.45) is 0.568. The van der Waals surface area contributed by atoms with E-state index in [1.807, 2.05) is 0 Å². The maximum Gasteiger partial charge on any atom is 0.305 e. The van der Waals surface area contributed by atoms with Crippen molar-refractivity contribution in [1.29, 1.82) is 5.26 Å². The van der Waals surface area contributed by atoms with E-state index >= 15 is 0 Å². The molecule has 1 heterocycles. The Balaban J connectivity index is 2.01. The lowest BCUT2D eigenvalue weighted by Gasteiger charge is -2.06. The van der Waals surface area contributed by atoms with Crippen LogP contribution >= 0.6 is 0 Å². The first kappa shape index (κ1) is 14.4. The standard InChI is InChI=1S/C14H11FN4O2/c15-11-3-1-2-10(8-11)6-7-17-14-5-4-13(19(20)21)12(9-16)18-14/h1-5,8H,6-7H2,(H,17,18). The van der Waals surface area contributed by atoms with Crippen LogP contribution in [0.1, 0.15) is 11.3 Å². The highest BCUT2D eigenvalue weighted by molar-refractivity contribution is 5.50. The maximum absolute atomic E-state index is 13.0. The molecule has 106 valence electrons. The van der Waals surface area contributed by atoms with Crippen LogP contribution in [0.2, 0.25) is 0 Å². The first-order valence-corrected chi connectivity index (χ1v) is 6.14. The monoisotopic (exact) mass is 286 g/mol. The molecule has 1 aromatic carbocycles. The molecule has 0 radical (unpaired) electrons. The number of hydrogen-bond donors (Lipinski definition) is 1. The molecule has 1 aromatic heterocycles. The highest BCUT2D eigenvalue weighted by atomic mass is 19.1. The summed E-state index contributed by atoms with van der Waals surface area (Å²) < 4.78 is 13.0. The molecule has 0 unspecified atom stereocenters. The Bertz CT molecular complexity index is 712. The molecule has 0 aliphatic rings. The van der Waals surface area contributed by atoms with E-state index in [4.69, 9.17) is 5.26 Å². The second-order valence-electron chi connectivity index (χ2n) is 4.24. The van der Waals surface area contributed by atoms with Crippen molar-refractivity contribution in [2.45, 2.75) is 6.42 Å². The lowest BCUT2D eigenvalue weighted by Crippen LogP contribution is -2.07. The van der Waals surface area contributed by atoms with Gasteiger partial charge < -0.3 is 5.32 Å². The Kier molecular flexibility index (Phi) is 4.41. The number of rotatable bonds is 5. The average molecular weight is 286 g/mol. The zero-order valence-corrected chi connectivity index (χ0v) is 10.9. The van der Waals surface area contributed by atoms with Crippen molar-refractivity contribution < 1.29 is 9.31 Å². The molecular weight excluding hydrogens is 275 g/mol. The normalized spacial score (nSPS) is 9.90. The van der Waals surface area contributed by atoms with Crippen LogP contribution in [-0.4, -0.2) is 16.5 Å². The minimum Gasteiger partial charge on any atom is -0.370 e. The van der Waals surface area contributed by atoms with Crippen molar-refractivity contribution >= 4 is 11.5 Å². The molecule has 0 aliphatic carbocycles. The van der Waals surface area contributed by atoms with Crippen molar-refractivity contribution in [2.75, 3.05) is 11.9 Å². The van der Waals surface area contributed by atoms with Crippen LogP contribution in [0.15, 0.2) is 36.4 Å². The van der Waals surface area contributed by atoms with Gasteiger partial charge in [0.25, 0.3) is 0 Å². The summed E-state index contributed by atoms with van der Waals surface area (Å²) >= 11 is 0. The molecule has 1 N–H and O–H groups in total. The van der Waals surface area contributed by atoms with Crippen molar-refractivity contribution in [2.24, 2.45) is 0 Å². The van der Waals surface area contributed by atoms with Crippen molar-refractivity contribution in [3.05, 3.63) is 63.6 Å². The molecule has 0 bridgehead atoms. The smallest absolute Gasteiger partial charge is 0.305 e. The Labute approximate surface area is 120 Å². The number of benzene rings is 1. The van der Waals surface area contributed by atoms with Gasteiger partial charge in [-0.05, 0) is 30.2 Å². The summed E-state index contributed by atoms with van der Waals surface area (Å²) in [4.78, 5) is 13.9. The molecule has 21 heavy (non-hydrogen) atoms. The molecule has 0 amide bonds. The third-order valence-corrected chi connectivity index (χ3v) is 2.79. The Hall–Kier alpha value is -3.01. The van der Waals surface area contributed by atoms with Gasteiger partial charge in [0, 0.05) is 12.6 Å². The molecule has 0 saturated carbocycles. The predicted molar refractivity (Wildman–Crippen MR) is 74.2 cm³/mol. The number of nitro groups is 1. The van der Waals surface area contributed by atoms with E-state index in [9.17, 15) is 14.5 Å². The van der Waals surface area contributed by atoms with E-state index in [0.29, 0.717) is 18.8 Å². The average Bonchev–Trinajstić information content (AvgIpc) is 2.47. The van der Waals surface area contributed by atoms with Crippen LogP contribution in [0, 0.1) is 27.3 Å². The fourth-order valence-electron chi connectivity index (χ4n) is 1.81. The Morgan fingerprint density at radius 2 is 2.19 bits per heavy atom. The molecule has 0 aliphatic heterocycles. The van der Waals surface area contributed by atoms with E-state index in [1.54, 1.807) is 18.2 Å². The second kappa shape index (κ2) is 6.43. The molecule has 6 nitrogen and oxygen atoms in total. The van der Waals surface area contributed by atoms with Crippen LogP contribution in [0.5, 0.6) is 0 Å².